The van der Waals surface area contributed by atoms with E-state index >= 15 is 0 Å². The van der Waals surface area contributed by atoms with Crippen molar-refractivity contribution >= 4 is 17.3 Å². The summed E-state index contributed by atoms with van der Waals surface area (Å²) >= 11 is 1.70. The molecular weight excluding hydrogens is 438 g/mol. The molecular formula is C26H23NO5S. The minimum absolute atomic E-state index is 0.251. The summed E-state index contributed by atoms with van der Waals surface area (Å²) in [7, 11) is 0. The minimum atomic E-state index is -1.00. The van der Waals surface area contributed by atoms with Crippen LogP contribution in [-0.2, 0) is 31.9 Å². The highest BCUT2D eigenvalue weighted by atomic mass is 32.1. The Balaban J connectivity index is 1.23. The Morgan fingerprint density at radius 1 is 1.12 bits per heavy atom. The van der Waals surface area contributed by atoms with Crippen molar-refractivity contribution < 1.29 is 24.1 Å². The predicted octanol–water partition coefficient (Wildman–Crippen LogP) is 4.88. The summed E-state index contributed by atoms with van der Waals surface area (Å²) < 4.78 is 16.8. The summed E-state index contributed by atoms with van der Waals surface area (Å²) in [6.45, 7) is 0.749. The van der Waals surface area contributed by atoms with Crippen LogP contribution in [0.2, 0.25) is 0 Å². The van der Waals surface area contributed by atoms with E-state index in [1.165, 1.54) is 0 Å². The van der Waals surface area contributed by atoms with Gasteiger partial charge < -0.3 is 19.3 Å². The Labute approximate surface area is 196 Å². The third-order valence-electron chi connectivity index (χ3n) is 6.18. The number of aliphatic carboxylic acids is 1. The summed E-state index contributed by atoms with van der Waals surface area (Å²) in [4.78, 5) is 13.2. The second kappa shape index (κ2) is 8.64. The van der Waals surface area contributed by atoms with Crippen LogP contribution >= 0.6 is 11.3 Å². The van der Waals surface area contributed by atoms with E-state index in [0.717, 1.165) is 45.0 Å². The molecule has 0 atom stereocenters. The molecule has 33 heavy (non-hydrogen) atoms. The number of nitriles is 1. The molecule has 3 aromatic rings. The zero-order valence-corrected chi connectivity index (χ0v) is 18.8. The van der Waals surface area contributed by atoms with Crippen LogP contribution < -0.4 is 4.74 Å². The highest BCUT2D eigenvalue weighted by Crippen LogP contribution is 2.51. The third-order valence-corrected chi connectivity index (χ3v) is 7.52. The van der Waals surface area contributed by atoms with Gasteiger partial charge in [0.1, 0.15) is 24.6 Å². The van der Waals surface area contributed by atoms with Crippen LogP contribution in [0.25, 0.3) is 10.4 Å². The third kappa shape index (κ3) is 4.38. The maximum atomic E-state index is 10.9. The molecule has 1 aromatic heterocycles. The number of carbonyl (C=O) groups is 1. The van der Waals surface area contributed by atoms with E-state index in [1.807, 2.05) is 36.4 Å². The molecule has 0 bridgehead atoms. The topological polar surface area (TPSA) is 88.8 Å². The van der Waals surface area contributed by atoms with Gasteiger partial charge in [0, 0.05) is 9.75 Å². The van der Waals surface area contributed by atoms with E-state index in [9.17, 15) is 10.1 Å². The number of carboxylic acids is 1. The molecule has 1 N–H and O–H groups in total. The summed E-state index contributed by atoms with van der Waals surface area (Å²) in [5, 5.41) is 18.4. The number of carboxylic acid groups (broad SMARTS) is 1. The lowest BCUT2D eigenvalue weighted by molar-refractivity contribution is -0.220. The van der Waals surface area contributed by atoms with Crippen LogP contribution in [0.15, 0.2) is 60.7 Å². The van der Waals surface area contributed by atoms with Crippen molar-refractivity contribution in [3.8, 4) is 22.3 Å². The molecule has 6 nitrogen and oxygen atoms in total. The molecule has 168 valence electrons. The van der Waals surface area contributed by atoms with Crippen LogP contribution in [0.3, 0.4) is 0 Å². The maximum absolute atomic E-state index is 10.9. The van der Waals surface area contributed by atoms with Gasteiger partial charge in [-0.15, -0.1) is 11.3 Å². The van der Waals surface area contributed by atoms with E-state index < -0.39 is 11.6 Å². The van der Waals surface area contributed by atoms with Gasteiger partial charge in [0.25, 0.3) is 0 Å². The van der Waals surface area contributed by atoms with Gasteiger partial charge >= 0.3 is 5.97 Å². The number of benzene rings is 2. The number of rotatable bonds is 9. The number of hydrogen-bond donors (Lipinski definition) is 1. The zero-order chi connectivity index (χ0) is 22.9. The van der Waals surface area contributed by atoms with E-state index in [2.05, 4.69) is 30.3 Å². The second-order valence-corrected chi connectivity index (χ2v) is 9.62. The fourth-order valence-electron chi connectivity index (χ4n) is 3.95. The lowest BCUT2D eigenvalue weighted by Gasteiger charge is -2.41. The van der Waals surface area contributed by atoms with Gasteiger partial charge in [-0.25, -0.2) is 4.79 Å². The Hall–Kier alpha value is -3.18. The summed E-state index contributed by atoms with van der Waals surface area (Å²) in [5.74, 6) is -0.278. The van der Waals surface area contributed by atoms with Crippen molar-refractivity contribution in [3.05, 3.63) is 76.7 Å². The fourth-order valence-corrected chi connectivity index (χ4v) is 5.14. The van der Waals surface area contributed by atoms with Crippen molar-refractivity contribution in [1.82, 2.24) is 0 Å². The highest BCUT2D eigenvalue weighted by Gasteiger charge is 2.46. The number of hydrogen-bond acceptors (Lipinski definition) is 6. The van der Waals surface area contributed by atoms with E-state index in [-0.39, 0.29) is 12.0 Å². The van der Waals surface area contributed by atoms with Crippen LogP contribution in [0, 0.1) is 11.3 Å². The Kier molecular flexibility index (Phi) is 5.67. The van der Waals surface area contributed by atoms with Crippen LogP contribution in [0.4, 0.5) is 0 Å². The van der Waals surface area contributed by atoms with Gasteiger partial charge in [0.2, 0.25) is 0 Å². The smallest absolute Gasteiger partial charge is 0.329 e. The van der Waals surface area contributed by atoms with Crippen LogP contribution in [0.5, 0.6) is 5.75 Å². The molecule has 1 saturated carbocycles. The molecule has 2 heterocycles. The minimum Gasteiger partial charge on any atom is -0.489 e. The summed E-state index contributed by atoms with van der Waals surface area (Å²) in [6, 6.07) is 22.4. The Morgan fingerprint density at radius 2 is 1.91 bits per heavy atom. The van der Waals surface area contributed by atoms with Crippen molar-refractivity contribution in [2.45, 2.75) is 30.5 Å². The van der Waals surface area contributed by atoms with Gasteiger partial charge in [-0.2, -0.15) is 5.26 Å². The first-order chi connectivity index (χ1) is 16.0. The van der Waals surface area contributed by atoms with Crippen molar-refractivity contribution in [3.63, 3.8) is 0 Å². The SMILES string of the molecule is N#CC1(c2ccc(-c3cccc(COc4ccc(C5(OCC(=O)O)COC5)cc4)c3)s2)CC1. The molecule has 2 aliphatic rings. The molecule has 0 unspecified atom stereocenters. The van der Waals surface area contributed by atoms with Crippen LogP contribution in [0.1, 0.15) is 28.8 Å². The van der Waals surface area contributed by atoms with E-state index in [1.54, 1.807) is 11.3 Å². The quantitative estimate of drug-likeness (QED) is 0.489. The Morgan fingerprint density at radius 3 is 2.55 bits per heavy atom. The number of thiophene rings is 1. The Bertz CT molecular complexity index is 1200. The average Bonchev–Trinajstić information content (AvgIpc) is 3.45. The number of ether oxygens (including phenoxy) is 3. The molecule has 7 heteroatoms. The average molecular weight is 462 g/mol. The molecule has 1 aliphatic heterocycles. The standard InChI is InChI=1S/C26H23NO5S/c27-15-25(10-11-25)23-9-8-22(33-23)19-3-1-2-18(12-19)13-31-21-6-4-20(5-7-21)26(16-30-17-26)32-14-24(28)29/h1-9,12H,10-11,13-14,16-17H2,(H,28,29). The molecule has 2 aromatic carbocycles. The first-order valence-electron chi connectivity index (χ1n) is 10.8. The zero-order valence-electron chi connectivity index (χ0n) is 18.0. The largest absolute Gasteiger partial charge is 0.489 e. The van der Waals surface area contributed by atoms with Crippen molar-refractivity contribution in [2.24, 2.45) is 0 Å². The normalized spacial score (nSPS) is 17.5. The van der Waals surface area contributed by atoms with Crippen LogP contribution in [-0.4, -0.2) is 30.9 Å². The van der Waals surface area contributed by atoms with Crippen molar-refractivity contribution in [1.29, 1.82) is 5.26 Å². The molecule has 0 spiro atoms. The molecule has 0 amide bonds. The summed E-state index contributed by atoms with van der Waals surface area (Å²) in [6.07, 6.45) is 1.91. The second-order valence-electron chi connectivity index (χ2n) is 8.54. The van der Waals surface area contributed by atoms with E-state index in [4.69, 9.17) is 19.3 Å². The first kappa shape index (κ1) is 21.7. The lowest BCUT2D eigenvalue weighted by Crippen LogP contribution is -2.49. The van der Waals surface area contributed by atoms with E-state index in [0.29, 0.717) is 19.8 Å². The monoisotopic (exact) mass is 461 g/mol. The maximum Gasteiger partial charge on any atom is 0.329 e. The van der Waals surface area contributed by atoms with Gasteiger partial charge in [-0.3, -0.25) is 0 Å². The van der Waals surface area contributed by atoms with Gasteiger partial charge in [0.15, 0.2) is 0 Å². The molecule has 2 fully saturated rings. The van der Waals surface area contributed by atoms with Gasteiger partial charge in [-0.1, -0.05) is 30.3 Å². The van der Waals surface area contributed by atoms with Gasteiger partial charge in [-0.05, 0) is 59.9 Å². The fraction of sp³-hybridized carbons (Fsp3) is 0.308. The first-order valence-corrected chi connectivity index (χ1v) is 11.6. The summed E-state index contributed by atoms with van der Waals surface area (Å²) in [5.41, 5.74) is 2.11. The predicted molar refractivity (Wildman–Crippen MR) is 123 cm³/mol. The molecule has 1 aliphatic carbocycles. The highest BCUT2D eigenvalue weighted by molar-refractivity contribution is 7.15. The molecule has 1 saturated heterocycles. The number of nitrogens with zero attached hydrogens (tertiary/aromatic N) is 1. The lowest BCUT2D eigenvalue weighted by atomic mass is 9.91. The van der Waals surface area contributed by atoms with Gasteiger partial charge in [0.05, 0.1) is 24.7 Å². The van der Waals surface area contributed by atoms with Crippen molar-refractivity contribution in [2.75, 3.05) is 19.8 Å². The molecule has 5 rings (SSSR count). The molecule has 0 radical (unpaired) electrons.